The largest absolute Gasteiger partial charge is 0.495 e. The second-order valence-corrected chi connectivity index (χ2v) is 6.83. The van der Waals surface area contributed by atoms with Crippen LogP contribution in [0.5, 0.6) is 0 Å². The summed E-state index contributed by atoms with van der Waals surface area (Å²) < 4.78 is 6.19. The molecule has 4 bridgehead atoms. The van der Waals surface area contributed by atoms with E-state index in [4.69, 9.17) is 4.74 Å². The Morgan fingerprint density at radius 2 is 1.75 bits per heavy atom. The Kier molecular flexibility index (Phi) is 2.35. The number of hydrogen-bond acceptors (Lipinski definition) is 1. The molecule has 4 aliphatic carbocycles. The van der Waals surface area contributed by atoms with Gasteiger partial charge in [-0.3, -0.25) is 0 Å². The number of allylic oxidation sites excluding steroid dienone is 1. The molecular formula is C15H24O. The van der Waals surface area contributed by atoms with Crippen molar-refractivity contribution in [2.45, 2.75) is 58.5 Å². The third kappa shape index (κ3) is 1.59. The maximum absolute atomic E-state index is 6.19. The van der Waals surface area contributed by atoms with E-state index in [1.165, 1.54) is 37.7 Å². The first-order chi connectivity index (χ1) is 7.58. The average molecular weight is 220 g/mol. The van der Waals surface area contributed by atoms with Crippen molar-refractivity contribution < 1.29 is 4.74 Å². The van der Waals surface area contributed by atoms with Gasteiger partial charge in [0.2, 0.25) is 0 Å². The predicted molar refractivity (Wildman–Crippen MR) is 66.0 cm³/mol. The van der Waals surface area contributed by atoms with Crippen LogP contribution in [0.3, 0.4) is 0 Å². The van der Waals surface area contributed by atoms with E-state index < -0.39 is 0 Å². The molecule has 4 aliphatic rings. The van der Waals surface area contributed by atoms with Crippen LogP contribution in [0.2, 0.25) is 0 Å². The van der Waals surface area contributed by atoms with E-state index in [9.17, 15) is 0 Å². The lowest BCUT2D eigenvalue weighted by Crippen LogP contribution is -2.54. The topological polar surface area (TPSA) is 9.23 Å². The minimum absolute atomic E-state index is 0.236. The lowest BCUT2D eigenvalue weighted by molar-refractivity contribution is -0.153. The summed E-state index contributed by atoms with van der Waals surface area (Å²) in [5.41, 5.74) is 1.53. The molecule has 0 N–H and O–H groups in total. The molecule has 0 aromatic rings. The Hall–Kier alpha value is -0.460. The van der Waals surface area contributed by atoms with Crippen molar-refractivity contribution in [1.29, 1.82) is 0 Å². The van der Waals surface area contributed by atoms with Crippen LogP contribution < -0.4 is 0 Å². The Bertz CT molecular complexity index is 297. The lowest BCUT2D eigenvalue weighted by Gasteiger charge is -2.58. The van der Waals surface area contributed by atoms with Crippen molar-refractivity contribution in [2.24, 2.45) is 23.7 Å². The van der Waals surface area contributed by atoms with E-state index in [0.29, 0.717) is 0 Å². The summed E-state index contributed by atoms with van der Waals surface area (Å²) >= 11 is 0. The molecule has 90 valence electrons. The van der Waals surface area contributed by atoms with Gasteiger partial charge in [0.15, 0.2) is 0 Å². The van der Waals surface area contributed by atoms with Gasteiger partial charge in [-0.1, -0.05) is 6.92 Å². The summed E-state index contributed by atoms with van der Waals surface area (Å²) in [5, 5.41) is 0. The molecule has 1 nitrogen and oxygen atoms in total. The van der Waals surface area contributed by atoms with Gasteiger partial charge in [-0.05, 0) is 75.2 Å². The van der Waals surface area contributed by atoms with Crippen molar-refractivity contribution in [2.75, 3.05) is 0 Å². The molecule has 4 rings (SSSR count). The SMILES string of the molecule is CC(C)=COC12CC3CC(C1)C(C)C(C3)C2. The van der Waals surface area contributed by atoms with E-state index in [-0.39, 0.29) is 5.60 Å². The third-order valence-corrected chi connectivity index (χ3v) is 5.23. The van der Waals surface area contributed by atoms with Gasteiger partial charge in [-0.25, -0.2) is 0 Å². The van der Waals surface area contributed by atoms with E-state index in [1.807, 2.05) is 6.26 Å². The zero-order valence-corrected chi connectivity index (χ0v) is 10.8. The van der Waals surface area contributed by atoms with E-state index in [0.717, 1.165) is 23.7 Å². The van der Waals surface area contributed by atoms with Crippen LogP contribution in [0.1, 0.15) is 52.9 Å². The highest BCUT2D eigenvalue weighted by molar-refractivity contribution is 5.06. The van der Waals surface area contributed by atoms with Crippen LogP contribution in [-0.4, -0.2) is 5.60 Å². The van der Waals surface area contributed by atoms with Gasteiger partial charge < -0.3 is 4.74 Å². The van der Waals surface area contributed by atoms with Crippen molar-refractivity contribution in [1.82, 2.24) is 0 Å². The van der Waals surface area contributed by atoms with Crippen molar-refractivity contribution in [3.8, 4) is 0 Å². The zero-order chi connectivity index (χ0) is 11.3. The molecule has 4 saturated carbocycles. The third-order valence-electron chi connectivity index (χ3n) is 5.23. The Balaban J connectivity index is 1.80. The molecule has 0 aromatic heterocycles. The van der Waals surface area contributed by atoms with Crippen molar-refractivity contribution in [3.05, 3.63) is 11.8 Å². The molecular weight excluding hydrogens is 196 g/mol. The summed E-state index contributed by atoms with van der Waals surface area (Å²) in [6.07, 6.45) is 8.96. The molecule has 16 heavy (non-hydrogen) atoms. The van der Waals surface area contributed by atoms with Gasteiger partial charge in [-0.15, -0.1) is 0 Å². The Labute approximate surface area is 99.3 Å². The molecule has 2 atom stereocenters. The molecule has 0 radical (unpaired) electrons. The predicted octanol–water partition coefficient (Wildman–Crippen LogP) is 4.14. The molecule has 1 heteroatoms. The number of hydrogen-bond donors (Lipinski definition) is 0. The number of ether oxygens (including phenoxy) is 1. The maximum Gasteiger partial charge on any atom is 0.109 e. The molecule has 0 spiro atoms. The van der Waals surface area contributed by atoms with E-state index in [1.54, 1.807) is 0 Å². The molecule has 0 heterocycles. The first kappa shape index (κ1) is 10.7. The molecule has 4 fully saturated rings. The summed E-state index contributed by atoms with van der Waals surface area (Å²) in [6.45, 7) is 6.73. The van der Waals surface area contributed by atoms with Crippen LogP contribution in [0.25, 0.3) is 0 Å². The first-order valence-electron chi connectivity index (χ1n) is 6.89. The monoisotopic (exact) mass is 220 g/mol. The Morgan fingerprint density at radius 1 is 1.12 bits per heavy atom. The smallest absolute Gasteiger partial charge is 0.109 e. The van der Waals surface area contributed by atoms with Gasteiger partial charge in [-0.2, -0.15) is 0 Å². The van der Waals surface area contributed by atoms with Crippen LogP contribution >= 0.6 is 0 Å². The summed E-state index contributed by atoms with van der Waals surface area (Å²) in [4.78, 5) is 0. The average Bonchev–Trinajstić information content (AvgIpc) is 2.22. The van der Waals surface area contributed by atoms with Gasteiger partial charge in [0.1, 0.15) is 5.60 Å². The quantitative estimate of drug-likeness (QED) is 0.635. The van der Waals surface area contributed by atoms with Crippen LogP contribution in [0.15, 0.2) is 11.8 Å². The van der Waals surface area contributed by atoms with Gasteiger partial charge in [0.25, 0.3) is 0 Å². The molecule has 0 aromatic carbocycles. The van der Waals surface area contributed by atoms with E-state index in [2.05, 4.69) is 20.8 Å². The van der Waals surface area contributed by atoms with Crippen LogP contribution in [-0.2, 0) is 4.74 Å². The highest BCUT2D eigenvalue weighted by atomic mass is 16.5. The minimum Gasteiger partial charge on any atom is -0.495 e. The van der Waals surface area contributed by atoms with E-state index >= 15 is 0 Å². The Morgan fingerprint density at radius 3 is 2.31 bits per heavy atom. The highest BCUT2D eigenvalue weighted by Gasteiger charge is 2.55. The minimum atomic E-state index is 0.236. The standard InChI is InChI=1S/C15H24O/c1-10(2)9-16-15-6-12-4-13(7-15)11(3)14(5-12)8-15/h9,11-14H,4-8H2,1-3H3. The summed E-state index contributed by atoms with van der Waals surface area (Å²) in [7, 11) is 0. The fourth-order valence-corrected chi connectivity index (χ4v) is 4.59. The van der Waals surface area contributed by atoms with Crippen molar-refractivity contribution >= 4 is 0 Å². The van der Waals surface area contributed by atoms with Gasteiger partial charge in [0.05, 0.1) is 6.26 Å². The molecule has 0 saturated heterocycles. The fraction of sp³-hybridized carbons (Fsp3) is 0.867. The summed E-state index contributed by atoms with van der Waals surface area (Å²) in [5.74, 6) is 3.84. The normalized spacial score (nSPS) is 49.2. The van der Waals surface area contributed by atoms with Gasteiger partial charge in [0, 0.05) is 0 Å². The van der Waals surface area contributed by atoms with Crippen LogP contribution in [0, 0.1) is 23.7 Å². The summed E-state index contributed by atoms with van der Waals surface area (Å²) in [6, 6.07) is 0. The van der Waals surface area contributed by atoms with Gasteiger partial charge >= 0.3 is 0 Å². The zero-order valence-electron chi connectivity index (χ0n) is 10.8. The lowest BCUT2D eigenvalue weighted by atomic mass is 9.50. The maximum atomic E-state index is 6.19. The number of rotatable bonds is 2. The second kappa shape index (κ2) is 3.51. The fourth-order valence-electron chi connectivity index (χ4n) is 4.59. The first-order valence-corrected chi connectivity index (χ1v) is 6.89. The molecule has 0 aliphatic heterocycles. The highest BCUT2D eigenvalue weighted by Crippen LogP contribution is 2.59. The van der Waals surface area contributed by atoms with Crippen molar-refractivity contribution in [3.63, 3.8) is 0 Å². The molecule has 2 unspecified atom stereocenters. The van der Waals surface area contributed by atoms with Crippen LogP contribution in [0.4, 0.5) is 0 Å². The second-order valence-electron chi connectivity index (χ2n) is 6.83. The molecule has 0 amide bonds.